The first-order chi connectivity index (χ1) is 16.4. The summed E-state index contributed by atoms with van der Waals surface area (Å²) < 4.78 is 1.82. The van der Waals surface area contributed by atoms with Gasteiger partial charge in [0.1, 0.15) is 23.7 Å². The highest BCUT2D eigenvalue weighted by molar-refractivity contribution is 8.00. The second kappa shape index (κ2) is 10.2. The molecule has 178 valence electrons. The summed E-state index contributed by atoms with van der Waals surface area (Å²) in [6.07, 6.45) is 4.31. The van der Waals surface area contributed by atoms with Crippen LogP contribution in [0.3, 0.4) is 0 Å². The molecule has 0 aliphatic carbocycles. The molecule has 1 unspecified atom stereocenters. The molecule has 4 rings (SSSR count). The van der Waals surface area contributed by atoms with Gasteiger partial charge in [-0.3, -0.25) is 14.5 Å². The molecular formula is C21H22N6O5S2. The number of nitrogens with two attached hydrogens (primary N) is 1. The van der Waals surface area contributed by atoms with Gasteiger partial charge in [0.05, 0.1) is 11.7 Å². The molecule has 1 fully saturated rings. The number of oxime groups is 1. The second-order valence-electron chi connectivity index (χ2n) is 7.49. The number of fused-ring (bicyclic) bond motifs is 1. The van der Waals surface area contributed by atoms with Crippen molar-refractivity contribution in [1.82, 2.24) is 15.2 Å². The van der Waals surface area contributed by atoms with Crippen molar-refractivity contribution in [3.63, 3.8) is 0 Å². The third kappa shape index (κ3) is 4.75. The zero-order valence-corrected chi connectivity index (χ0v) is 19.8. The Kier molecular flexibility index (Phi) is 7.12. The Balaban J connectivity index is 1.52. The zero-order valence-electron chi connectivity index (χ0n) is 18.2. The third-order valence-electron chi connectivity index (χ3n) is 5.11. The van der Waals surface area contributed by atoms with Crippen LogP contribution in [0, 0.1) is 0 Å². The fourth-order valence-electron chi connectivity index (χ4n) is 3.57. The van der Waals surface area contributed by atoms with Crippen molar-refractivity contribution in [2.75, 3.05) is 18.1 Å². The Hall–Kier alpha value is -3.45. The van der Waals surface area contributed by atoms with Crippen molar-refractivity contribution >= 4 is 51.7 Å². The number of aliphatic carboxylic acids is 1. The van der Waals surface area contributed by atoms with E-state index < -0.39 is 29.2 Å². The molecule has 4 heterocycles. The van der Waals surface area contributed by atoms with Crippen LogP contribution < -0.4 is 20.7 Å². The predicted molar refractivity (Wildman–Crippen MR) is 123 cm³/mol. The van der Waals surface area contributed by atoms with E-state index in [1.807, 2.05) is 42.1 Å². The highest BCUT2D eigenvalue weighted by atomic mass is 32.2. The van der Waals surface area contributed by atoms with Gasteiger partial charge in [0, 0.05) is 28.8 Å². The molecule has 13 heteroatoms. The lowest BCUT2D eigenvalue weighted by Gasteiger charge is -2.50. The number of carbonyl (C=O) groups excluding carboxylic acids is 3. The van der Waals surface area contributed by atoms with Gasteiger partial charge in [-0.25, -0.2) is 9.55 Å². The Morgan fingerprint density at radius 2 is 2.15 bits per heavy atom. The van der Waals surface area contributed by atoms with Gasteiger partial charge in [-0.1, -0.05) is 18.1 Å². The van der Waals surface area contributed by atoms with E-state index in [9.17, 15) is 19.5 Å². The number of carbonyl (C=O) groups is 3. The standard InChI is InChI=1S/C21H22N6O5S2/c1-2-8-32-25-14(13-11-34-21(22)23-13)17(28)24-15-18(29)27-16(20(30)31)12(10-33-19(15)27)9-26-6-4-3-5-7-26/h3-7,11,15,19H,2,8-10H2,1H3,(H3-,22,23,24,28,30,31)/b25-14+/t15?,19-/m1/s1. The first-order valence-electron chi connectivity index (χ1n) is 10.4. The van der Waals surface area contributed by atoms with E-state index in [4.69, 9.17) is 10.6 Å². The number of hydrogen-bond donors (Lipinski definition) is 2. The molecule has 2 amide bonds. The van der Waals surface area contributed by atoms with Gasteiger partial charge < -0.3 is 25.8 Å². The average Bonchev–Trinajstić information content (AvgIpc) is 3.26. The molecule has 2 aliphatic heterocycles. The van der Waals surface area contributed by atoms with E-state index >= 15 is 0 Å². The van der Waals surface area contributed by atoms with Gasteiger partial charge in [-0.15, -0.1) is 23.1 Å². The molecule has 0 bridgehead atoms. The molecule has 3 N–H and O–H groups in total. The summed E-state index contributed by atoms with van der Waals surface area (Å²) in [6.45, 7) is 2.50. The summed E-state index contributed by atoms with van der Waals surface area (Å²) in [5.41, 5.74) is 6.21. The molecular weight excluding hydrogens is 480 g/mol. The minimum atomic E-state index is -1.43. The van der Waals surface area contributed by atoms with Crippen LogP contribution in [0.4, 0.5) is 5.13 Å². The fourth-order valence-corrected chi connectivity index (χ4v) is 5.45. The van der Waals surface area contributed by atoms with Crippen molar-refractivity contribution in [2.24, 2.45) is 5.16 Å². The average molecular weight is 503 g/mol. The number of rotatable bonds is 9. The number of aromatic nitrogens is 2. The van der Waals surface area contributed by atoms with Crippen molar-refractivity contribution in [3.8, 4) is 0 Å². The number of nitrogens with one attached hydrogen (secondary N) is 1. The predicted octanol–water partition coefficient (Wildman–Crippen LogP) is -0.752. The molecule has 2 aromatic heterocycles. The number of nitrogens with zero attached hydrogens (tertiary/aromatic N) is 4. The molecule has 0 spiro atoms. The lowest BCUT2D eigenvalue weighted by molar-refractivity contribution is -0.689. The Labute approximate surface area is 203 Å². The molecule has 2 atom stereocenters. The Morgan fingerprint density at radius 3 is 2.79 bits per heavy atom. The van der Waals surface area contributed by atoms with Gasteiger partial charge in [-0.05, 0) is 6.42 Å². The van der Waals surface area contributed by atoms with Crippen LogP contribution in [0.15, 0.2) is 52.4 Å². The van der Waals surface area contributed by atoms with E-state index in [0.29, 0.717) is 30.9 Å². The number of thiazole rings is 1. The third-order valence-corrected chi connectivity index (χ3v) is 7.12. The molecule has 0 radical (unpaired) electrons. The maximum Gasteiger partial charge on any atom is 0.276 e. The maximum atomic E-state index is 13.0. The molecule has 1 saturated heterocycles. The number of amides is 2. The lowest BCUT2D eigenvalue weighted by atomic mass is 10.0. The topological polar surface area (TPSA) is 154 Å². The van der Waals surface area contributed by atoms with Crippen LogP contribution in [-0.4, -0.2) is 57.2 Å². The minimum Gasteiger partial charge on any atom is -0.543 e. The van der Waals surface area contributed by atoms with Crippen molar-refractivity contribution in [1.29, 1.82) is 0 Å². The summed E-state index contributed by atoms with van der Waals surface area (Å²) in [5, 5.41) is 19.7. The number of nitrogen functional groups attached to an aromatic ring is 1. The largest absolute Gasteiger partial charge is 0.543 e. The van der Waals surface area contributed by atoms with E-state index in [2.05, 4.69) is 15.5 Å². The highest BCUT2D eigenvalue weighted by Gasteiger charge is 2.53. The first kappa shape index (κ1) is 23.7. The smallest absolute Gasteiger partial charge is 0.276 e. The molecule has 11 nitrogen and oxygen atoms in total. The summed E-state index contributed by atoms with van der Waals surface area (Å²) in [5.74, 6) is -2.26. The lowest BCUT2D eigenvalue weighted by Crippen LogP contribution is -2.71. The number of carboxylic acids is 1. The summed E-state index contributed by atoms with van der Waals surface area (Å²) in [6, 6.07) is 4.59. The van der Waals surface area contributed by atoms with Crippen LogP contribution in [0.25, 0.3) is 0 Å². The number of anilines is 1. The second-order valence-corrected chi connectivity index (χ2v) is 9.49. The SMILES string of the molecule is CCCO/N=C(/C(=O)NC1C(=O)N2C(C(=O)[O-])=C(C[n+]3ccccc3)CS[C@H]12)c1csc(N)n1. The van der Waals surface area contributed by atoms with E-state index in [1.165, 1.54) is 16.7 Å². The van der Waals surface area contributed by atoms with E-state index in [-0.39, 0.29) is 22.2 Å². The molecule has 0 saturated carbocycles. The number of hydrogen-bond acceptors (Lipinski definition) is 10. The van der Waals surface area contributed by atoms with Gasteiger partial charge in [0.2, 0.25) is 0 Å². The maximum absolute atomic E-state index is 13.0. The number of pyridine rings is 1. The first-order valence-corrected chi connectivity index (χ1v) is 12.4. The normalized spacial score (nSPS) is 20.0. The van der Waals surface area contributed by atoms with Crippen molar-refractivity contribution < 1.29 is 28.9 Å². The number of thioether (sulfide) groups is 1. The van der Waals surface area contributed by atoms with Crippen LogP contribution in [0.5, 0.6) is 0 Å². The fraction of sp³-hybridized carbons (Fsp3) is 0.333. The van der Waals surface area contributed by atoms with Gasteiger partial charge in [0.15, 0.2) is 29.8 Å². The van der Waals surface area contributed by atoms with E-state index in [0.717, 1.165) is 11.3 Å². The van der Waals surface area contributed by atoms with Crippen LogP contribution >= 0.6 is 23.1 Å². The highest BCUT2D eigenvalue weighted by Crippen LogP contribution is 2.40. The van der Waals surface area contributed by atoms with Gasteiger partial charge >= 0.3 is 0 Å². The molecule has 2 aliphatic rings. The molecule has 34 heavy (non-hydrogen) atoms. The Bertz CT molecular complexity index is 1170. The monoisotopic (exact) mass is 502 g/mol. The summed E-state index contributed by atoms with van der Waals surface area (Å²) >= 11 is 2.51. The van der Waals surface area contributed by atoms with Gasteiger partial charge in [-0.2, -0.15) is 0 Å². The Morgan fingerprint density at radius 1 is 1.38 bits per heavy atom. The van der Waals surface area contributed by atoms with Crippen molar-refractivity contribution in [2.45, 2.75) is 31.3 Å². The summed E-state index contributed by atoms with van der Waals surface area (Å²) in [7, 11) is 0. The van der Waals surface area contributed by atoms with E-state index in [1.54, 1.807) is 5.38 Å². The quantitative estimate of drug-likeness (QED) is 0.149. The molecule has 0 aromatic carbocycles. The summed E-state index contributed by atoms with van der Waals surface area (Å²) in [4.78, 5) is 48.3. The van der Waals surface area contributed by atoms with Crippen LogP contribution in [-0.2, 0) is 25.8 Å². The minimum absolute atomic E-state index is 0.106. The zero-order chi connectivity index (χ0) is 24.2. The number of carboxylic acid groups (broad SMARTS) is 1. The van der Waals surface area contributed by atoms with Crippen LogP contribution in [0.1, 0.15) is 19.0 Å². The number of β-lactam (4-membered cyclic amide) rings is 1. The van der Waals surface area contributed by atoms with Gasteiger partial charge in [0.25, 0.3) is 11.8 Å². The van der Waals surface area contributed by atoms with Crippen molar-refractivity contribution in [3.05, 3.63) is 52.9 Å². The molecule has 2 aromatic rings. The van der Waals surface area contributed by atoms with Crippen LogP contribution in [0.2, 0.25) is 0 Å².